The molecule has 1 aromatic heterocycles. The third kappa shape index (κ3) is 3.80. The molecule has 0 aliphatic carbocycles. The molecule has 0 radical (unpaired) electrons. The van der Waals surface area contributed by atoms with Crippen molar-refractivity contribution in [1.82, 2.24) is 14.8 Å². The molecule has 3 rings (SSSR count). The van der Waals surface area contributed by atoms with Gasteiger partial charge in [0.25, 0.3) is 11.8 Å². The predicted molar refractivity (Wildman–Crippen MR) is 111 cm³/mol. The minimum Gasteiger partial charge on any atom is -0.317 e. The smallest absolute Gasteiger partial charge is 0.317 e. The lowest BCUT2D eigenvalue weighted by molar-refractivity contribution is -0.137. The lowest BCUT2D eigenvalue weighted by Crippen LogP contribution is -2.53. The fourth-order valence-electron chi connectivity index (χ4n) is 3.36. The molecule has 0 unspecified atom stereocenters. The fourth-order valence-corrected chi connectivity index (χ4v) is 3.61. The number of hydrogen-bond donors (Lipinski definition) is 1. The third-order valence-electron chi connectivity index (χ3n) is 4.72. The first-order chi connectivity index (χ1) is 14.1. The summed E-state index contributed by atoms with van der Waals surface area (Å²) in [5.41, 5.74) is 0.474. The van der Waals surface area contributed by atoms with Crippen LogP contribution in [0.15, 0.2) is 48.6 Å². The van der Waals surface area contributed by atoms with Gasteiger partial charge in [0.15, 0.2) is 5.11 Å². The zero-order valence-corrected chi connectivity index (χ0v) is 17.0. The second kappa shape index (κ2) is 7.91. The van der Waals surface area contributed by atoms with E-state index in [-0.39, 0.29) is 22.9 Å². The summed E-state index contributed by atoms with van der Waals surface area (Å²) < 4.78 is 41.9. The van der Waals surface area contributed by atoms with Crippen LogP contribution in [0.5, 0.6) is 0 Å². The maximum Gasteiger partial charge on any atom is 0.418 e. The van der Waals surface area contributed by atoms with Crippen LogP contribution in [0.2, 0.25) is 0 Å². The summed E-state index contributed by atoms with van der Waals surface area (Å²) in [4.78, 5) is 26.2. The number of benzene rings is 1. The molecule has 2 heterocycles. The Morgan fingerprint density at radius 1 is 1.20 bits per heavy atom. The zero-order valence-electron chi connectivity index (χ0n) is 16.2. The molecular formula is C21H18F3N3O2S. The van der Waals surface area contributed by atoms with Gasteiger partial charge in [0, 0.05) is 17.9 Å². The first-order valence-electron chi connectivity index (χ1n) is 8.91. The van der Waals surface area contributed by atoms with Gasteiger partial charge in [0.2, 0.25) is 0 Å². The van der Waals surface area contributed by atoms with Gasteiger partial charge >= 0.3 is 6.18 Å². The maximum absolute atomic E-state index is 13.5. The molecule has 9 heteroatoms. The number of thiocarbonyl (C=S) groups is 1. The van der Waals surface area contributed by atoms with E-state index < -0.39 is 23.6 Å². The molecule has 1 N–H and O–H groups in total. The molecule has 156 valence electrons. The number of carbonyl (C=O) groups is 2. The number of para-hydroxylation sites is 1. The highest BCUT2D eigenvalue weighted by Crippen LogP contribution is 2.35. The first kappa shape index (κ1) is 21.5. The van der Waals surface area contributed by atoms with Gasteiger partial charge in [-0.3, -0.25) is 19.8 Å². The van der Waals surface area contributed by atoms with E-state index in [2.05, 4.69) is 11.9 Å². The first-order valence-corrected chi connectivity index (χ1v) is 9.32. The number of halogens is 3. The van der Waals surface area contributed by atoms with Crippen LogP contribution in [0.1, 0.15) is 22.5 Å². The van der Waals surface area contributed by atoms with Crippen molar-refractivity contribution in [3.63, 3.8) is 0 Å². The second-order valence-corrected chi connectivity index (χ2v) is 7.09. The highest BCUT2D eigenvalue weighted by Gasteiger charge is 2.35. The minimum absolute atomic E-state index is 0.0216. The molecule has 1 aromatic carbocycles. The van der Waals surface area contributed by atoms with Crippen LogP contribution in [0, 0.1) is 13.8 Å². The van der Waals surface area contributed by atoms with Crippen LogP contribution in [0.25, 0.3) is 11.8 Å². The molecule has 1 aliphatic heterocycles. The molecule has 0 atom stereocenters. The third-order valence-corrected chi connectivity index (χ3v) is 5.04. The number of rotatable bonds is 4. The highest BCUT2D eigenvalue weighted by atomic mass is 32.1. The van der Waals surface area contributed by atoms with Crippen LogP contribution in [0.4, 0.5) is 13.2 Å². The Kier molecular flexibility index (Phi) is 5.67. The maximum atomic E-state index is 13.5. The van der Waals surface area contributed by atoms with Crippen LogP contribution in [-0.2, 0) is 15.8 Å². The highest BCUT2D eigenvalue weighted by molar-refractivity contribution is 7.80. The van der Waals surface area contributed by atoms with Crippen LogP contribution in [-0.4, -0.2) is 32.9 Å². The number of aryl methyl sites for hydroxylation is 1. The van der Waals surface area contributed by atoms with Gasteiger partial charge in [-0.25, -0.2) is 0 Å². The van der Waals surface area contributed by atoms with Gasteiger partial charge in [-0.1, -0.05) is 18.2 Å². The Morgan fingerprint density at radius 2 is 1.87 bits per heavy atom. The predicted octanol–water partition coefficient (Wildman–Crippen LogP) is 3.93. The molecular weight excluding hydrogens is 415 g/mol. The van der Waals surface area contributed by atoms with Gasteiger partial charge in [-0.15, -0.1) is 6.58 Å². The second-order valence-electron chi connectivity index (χ2n) is 6.70. The van der Waals surface area contributed by atoms with Gasteiger partial charge in [-0.05, 0) is 55.9 Å². The molecule has 5 nitrogen and oxygen atoms in total. The molecule has 2 aromatic rings. The summed E-state index contributed by atoms with van der Waals surface area (Å²) in [5.74, 6) is -1.25. The van der Waals surface area contributed by atoms with E-state index >= 15 is 0 Å². The normalized spacial score (nSPS) is 16.2. The summed E-state index contributed by atoms with van der Waals surface area (Å²) in [5, 5.41) is 2.42. The number of alkyl halides is 3. The van der Waals surface area contributed by atoms with Gasteiger partial charge in [0.1, 0.15) is 5.57 Å². The van der Waals surface area contributed by atoms with Crippen molar-refractivity contribution >= 4 is 35.2 Å². The van der Waals surface area contributed by atoms with Crippen molar-refractivity contribution in [3.8, 4) is 5.69 Å². The van der Waals surface area contributed by atoms with Crippen molar-refractivity contribution in [2.24, 2.45) is 0 Å². The number of carbonyl (C=O) groups excluding carboxylic acids is 2. The average molecular weight is 433 g/mol. The van der Waals surface area contributed by atoms with E-state index in [1.54, 1.807) is 19.9 Å². The molecule has 0 spiro atoms. The van der Waals surface area contributed by atoms with Crippen molar-refractivity contribution in [3.05, 3.63) is 71.1 Å². The Balaban J connectivity index is 2.12. The SMILES string of the molecule is C=CCN1C(=O)C(=Cc2cc(C)n(-c3ccccc3C(F)(F)F)c2C)C(=O)NC1=S. The van der Waals surface area contributed by atoms with E-state index in [0.29, 0.717) is 17.0 Å². The lowest BCUT2D eigenvalue weighted by atomic mass is 10.1. The number of amides is 2. The van der Waals surface area contributed by atoms with E-state index in [1.807, 2.05) is 0 Å². The van der Waals surface area contributed by atoms with Crippen LogP contribution >= 0.6 is 12.2 Å². The van der Waals surface area contributed by atoms with E-state index in [9.17, 15) is 22.8 Å². The molecule has 1 aliphatic rings. The molecule has 30 heavy (non-hydrogen) atoms. The standard InChI is InChI=1S/C21H18F3N3O2S/c1-4-9-26-19(29)15(18(28)25-20(26)30)11-14-10-12(2)27(13(14)3)17-8-6-5-7-16(17)21(22,23)24/h4-8,10-11H,1,9H2,2-3H3,(H,25,28,30). The van der Waals surface area contributed by atoms with Gasteiger partial charge in [0.05, 0.1) is 11.3 Å². The van der Waals surface area contributed by atoms with Crippen LogP contribution in [0.3, 0.4) is 0 Å². The Morgan fingerprint density at radius 3 is 2.50 bits per heavy atom. The van der Waals surface area contributed by atoms with E-state index in [4.69, 9.17) is 12.2 Å². The fraction of sp³-hybridized carbons (Fsp3) is 0.190. The minimum atomic E-state index is -4.53. The molecule has 1 fully saturated rings. The van der Waals surface area contributed by atoms with Crippen molar-refractivity contribution in [2.75, 3.05) is 6.54 Å². The number of aromatic nitrogens is 1. The topological polar surface area (TPSA) is 54.3 Å². The molecule has 2 amide bonds. The number of nitrogens with zero attached hydrogens (tertiary/aromatic N) is 2. The van der Waals surface area contributed by atoms with Crippen molar-refractivity contribution < 1.29 is 22.8 Å². The number of nitrogens with one attached hydrogen (secondary N) is 1. The molecule has 1 saturated heterocycles. The summed E-state index contributed by atoms with van der Waals surface area (Å²) in [6, 6.07) is 6.86. The number of hydrogen-bond acceptors (Lipinski definition) is 3. The quantitative estimate of drug-likeness (QED) is 0.344. The largest absolute Gasteiger partial charge is 0.418 e. The summed E-state index contributed by atoms with van der Waals surface area (Å²) in [7, 11) is 0. The molecule has 0 saturated carbocycles. The van der Waals surface area contributed by atoms with Gasteiger partial charge in [-0.2, -0.15) is 13.2 Å². The van der Waals surface area contributed by atoms with Crippen molar-refractivity contribution in [2.45, 2.75) is 20.0 Å². The summed E-state index contributed by atoms with van der Waals surface area (Å²) in [6.45, 7) is 6.97. The summed E-state index contributed by atoms with van der Waals surface area (Å²) >= 11 is 5.02. The zero-order chi connectivity index (χ0) is 22.2. The Labute approximate surface area is 176 Å². The van der Waals surface area contributed by atoms with Crippen LogP contribution < -0.4 is 5.32 Å². The average Bonchev–Trinajstić information content (AvgIpc) is 2.94. The van der Waals surface area contributed by atoms with Gasteiger partial charge < -0.3 is 4.57 Å². The monoisotopic (exact) mass is 433 g/mol. The Hall–Kier alpha value is -3.20. The lowest BCUT2D eigenvalue weighted by Gasteiger charge is -2.27. The Bertz CT molecular complexity index is 1100. The van der Waals surface area contributed by atoms with E-state index in [1.165, 1.54) is 39.8 Å². The van der Waals surface area contributed by atoms with E-state index in [0.717, 1.165) is 6.07 Å². The molecule has 0 bridgehead atoms. The van der Waals surface area contributed by atoms with Crippen molar-refractivity contribution in [1.29, 1.82) is 0 Å². The summed E-state index contributed by atoms with van der Waals surface area (Å²) in [6.07, 6.45) is -1.69.